The average Bonchev–Trinajstić information content (AvgIpc) is 2.80. The van der Waals surface area contributed by atoms with Gasteiger partial charge in [0.15, 0.2) is 0 Å². The Morgan fingerprint density at radius 1 is 0.533 bits per heavy atom. The molecule has 0 aliphatic carbocycles. The maximum absolute atomic E-state index is 3.04. The third-order valence-electron chi connectivity index (χ3n) is 2.14. The van der Waals surface area contributed by atoms with E-state index in [1.807, 2.05) is 60.9 Å². The van der Waals surface area contributed by atoms with Gasteiger partial charge in [0.25, 0.3) is 0 Å². The number of hydrogen-bond donors (Lipinski definition) is 1. The van der Waals surface area contributed by atoms with Gasteiger partial charge in [-0.05, 0) is 10.8 Å². The molecular formula is C14H13N. The van der Waals surface area contributed by atoms with Crippen LogP contribution in [-0.4, -0.2) is 4.98 Å². The van der Waals surface area contributed by atoms with Crippen molar-refractivity contribution in [1.82, 2.24) is 4.98 Å². The monoisotopic (exact) mass is 195 g/mol. The van der Waals surface area contributed by atoms with Gasteiger partial charge in [-0.25, -0.2) is 0 Å². The van der Waals surface area contributed by atoms with Crippen molar-refractivity contribution in [3.8, 4) is 0 Å². The van der Waals surface area contributed by atoms with Crippen molar-refractivity contribution in [2.24, 2.45) is 0 Å². The van der Waals surface area contributed by atoms with Crippen molar-refractivity contribution in [3.05, 3.63) is 73.1 Å². The van der Waals surface area contributed by atoms with E-state index in [9.17, 15) is 0 Å². The molecule has 1 N–H and O–H groups in total. The summed E-state index contributed by atoms with van der Waals surface area (Å²) in [6.07, 6.45) is 3.99. The number of aromatic amines is 1. The summed E-state index contributed by atoms with van der Waals surface area (Å²) in [6, 6.07) is 20.3. The summed E-state index contributed by atoms with van der Waals surface area (Å²) in [6.45, 7) is 0. The van der Waals surface area contributed by atoms with Crippen LogP contribution in [0.4, 0.5) is 0 Å². The van der Waals surface area contributed by atoms with E-state index in [-0.39, 0.29) is 0 Å². The van der Waals surface area contributed by atoms with Crippen molar-refractivity contribution < 1.29 is 0 Å². The fourth-order valence-electron chi connectivity index (χ4n) is 1.38. The minimum atomic E-state index is 1.28. The lowest BCUT2D eigenvalue weighted by Gasteiger charge is -1.81. The second-order valence-corrected chi connectivity index (χ2v) is 3.24. The molecule has 15 heavy (non-hydrogen) atoms. The summed E-state index contributed by atoms with van der Waals surface area (Å²) >= 11 is 0. The number of benzene rings is 2. The third-order valence-corrected chi connectivity index (χ3v) is 2.14. The average molecular weight is 195 g/mol. The molecular weight excluding hydrogens is 182 g/mol. The highest BCUT2D eigenvalue weighted by Gasteiger charge is 1.86. The number of H-pyrrole nitrogens is 1. The van der Waals surface area contributed by atoms with Gasteiger partial charge in [-0.15, -0.1) is 0 Å². The van der Waals surface area contributed by atoms with Crippen LogP contribution in [0.1, 0.15) is 0 Å². The van der Waals surface area contributed by atoms with Gasteiger partial charge in [0.1, 0.15) is 0 Å². The lowest BCUT2D eigenvalue weighted by atomic mass is 10.2. The van der Waals surface area contributed by atoms with E-state index in [1.54, 1.807) is 0 Å². The first-order valence-corrected chi connectivity index (χ1v) is 4.98. The maximum atomic E-state index is 3.04. The standard InChI is InChI=1S/C8H7N.C6H6/c1-2-4-8-6-9-5-7(8)3-1;1-2-4-6-5-3-1/h1-6,9H;1-6H. The summed E-state index contributed by atoms with van der Waals surface area (Å²) < 4.78 is 0. The quantitative estimate of drug-likeness (QED) is 0.560. The largest absolute Gasteiger partial charge is 0.366 e. The predicted octanol–water partition coefficient (Wildman–Crippen LogP) is 3.85. The van der Waals surface area contributed by atoms with Crippen molar-refractivity contribution in [1.29, 1.82) is 0 Å². The first-order chi connectivity index (χ1) is 7.47. The minimum absolute atomic E-state index is 1.28. The van der Waals surface area contributed by atoms with Gasteiger partial charge in [0.05, 0.1) is 0 Å². The Kier molecular flexibility index (Phi) is 3.18. The molecule has 0 amide bonds. The summed E-state index contributed by atoms with van der Waals surface area (Å²) in [5.74, 6) is 0. The smallest absolute Gasteiger partial charge is 0.00843 e. The topological polar surface area (TPSA) is 15.8 Å². The molecule has 0 saturated carbocycles. The fraction of sp³-hybridized carbons (Fsp3) is 0. The SMILES string of the molecule is c1ccc2c[nH]cc2c1.c1ccccc1. The molecule has 0 radical (unpaired) electrons. The highest BCUT2D eigenvalue weighted by atomic mass is 14.6. The Bertz CT molecular complexity index is 440. The zero-order valence-corrected chi connectivity index (χ0v) is 8.43. The molecule has 74 valence electrons. The van der Waals surface area contributed by atoms with Gasteiger partial charge in [-0.3, -0.25) is 0 Å². The van der Waals surface area contributed by atoms with Crippen LogP contribution in [-0.2, 0) is 0 Å². The molecule has 2 aromatic carbocycles. The molecule has 1 nitrogen and oxygen atoms in total. The number of fused-ring (bicyclic) bond motifs is 1. The van der Waals surface area contributed by atoms with E-state index in [0.29, 0.717) is 0 Å². The van der Waals surface area contributed by atoms with Gasteiger partial charge in [0, 0.05) is 12.4 Å². The zero-order valence-electron chi connectivity index (χ0n) is 8.43. The molecule has 1 aromatic heterocycles. The lowest BCUT2D eigenvalue weighted by Crippen LogP contribution is -1.57. The van der Waals surface area contributed by atoms with E-state index in [4.69, 9.17) is 0 Å². The molecule has 0 atom stereocenters. The number of rotatable bonds is 0. The predicted molar refractivity (Wildman–Crippen MR) is 64.7 cm³/mol. The zero-order chi connectivity index (χ0) is 10.3. The molecule has 0 bridgehead atoms. The van der Waals surface area contributed by atoms with Crippen LogP contribution in [0.3, 0.4) is 0 Å². The summed E-state index contributed by atoms with van der Waals surface area (Å²) in [7, 11) is 0. The van der Waals surface area contributed by atoms with Gasteiger partial charge in [-0.1, -0.05) is 60.7 Å². The van der Waals surface area contributed by atoms with Crippen molar-refractivity contribution >= 4 is 10.8 Å². The Hall–Kier alpha value is -2.02. The molecule has 1 heterocycles. The Morgan fingerprint density at radius 3 is 1.33 bits per heavy atom. The maximum Gasteiger partial charge on any atom is 0.00843 e. The van der Waals surface area contributed by atoms with E-state index in [1.165, 1.54) is 10.8 Å². The molecule has 0 fully saturated rings. The van der Waals surface area contributed by atoms with Crippen LogP contribution >= 0.6 is 0 Å². The molecule has 0 aliphatic heterocycles. The van der Waals surface area contributed by atoms with Gasteiger partial charge >= 0.3 is 0 Å². The number of aromatic nitrogens is 1. The van der Waals surface area contributed by atoms with Crippen LogP contribution in [0.15, 0.2) is 73.1 Å². The van der Waals surface area contributed by atoms with Crippen molar-refractivity contribution in [2.45, 2.75) is 0 Å². The van der Waals surface area contributed by atoms with E-state index >= 15 is 0 Å². The van der Waals surface area contributed by atoms with Crippen LogP contribution in [0.25, 0.3) is 10.8 Å². The molecule has 0 spiro atoms. The van der Waals surface area contributed by atoms with E-state index in [2.05, 4.69) is 17.1 Å². The normalized spacial score (nSPS) is 9.33. The molecule has 3 rings (SSSR count). The Morgan fingerprint density at radius 2 is 0.933 bits per heavy atom. The first kappa shape index (κ1) is 9.53. The second kappa shape index (κ2) is 5.01. The highest BCUT2D eigenvalue weighted by Crippen LogP contribution is 2.10. The highest BCUT2D eigenvalue weighted by molar-refractivity contribution is 5.81. The summed E-state index contributed by atoms with van der Waals surface area (Å²) in [5.41, 5.74) is 0. The van der Waals surface area contributed by atoms with Crippen LogP contribution in [0.2, 0.25) is 0 Å². The Labute approximate surface area is 89.4 Å². The third kappa shape index (κ3) is 2.71. The van der Waals surface area contributed by atoms with E-state index in [0.717, 1.165) is 0 Å². The van der Waals surface area contributed by atoms with Gasteiger partial charge in [0.2, 0.25) is 0 Å². The fourth-order valence-corrected chi connectivity index (χ4v) is 1.38. The number of nitrogens with one attached hydrogen (secondary N) is 1. The molecule has 1 heteroatoms. The second-order valence-electron chi connectivity index (χ2n) is 3.24. The first-order valence-electron chi connectivity index (χ1n) is 4.98. The van der Waals surface area contributed by atoms with Crippen LogP contribution in [0, 0.1) is 0 Å². The van der Waals surface area contributed by atoms with Crippen LogP contribution < -0.4 is 0 Å². The van der Waals surface area contributed by atoms with Gasteiger partial charge < -0.3 is 4.98 Å². The molecule has 3 aromatic rings. The van der Waals surface area contributed by atoms with E-state index < -0.39 is 0 Å². The summed E-state index contributed by atoms with van der Waals surface area (Å²) in [5, 5.41) is 2.55. The summed E-state index contributed by atoms with van der Waals surface area (Å²) in [4.78, 5) is 3.04. The molecule has 0 aliphatic rings. The van der Waals surface area contributed by atoms with Gasteiger partial charge in [-0.2, -0.15) is 0 Å². The van der Waals surface area contributed by atoms with Crippen molar-refractivity contribution in [2.75, 3.05) is 0 Å². The number of hydrogen-bond acceptors (Lipinski definition) is 0. The molecule has 0 unspecified atom stereocenters. The lowest BCUT2D eigenvalue weighted by molar-refractivity contribution is 1.43. The van der Waals surface area contributed by atoms with Crippen molar-refractivity contribution in [3.63, 3.8) is 0 Å². The van der Waals surface area contributed by atoms with Crippen LogP contribution in [0.5, 0.6) is 0 Å². The minimum Gasteiger partial charge on any atom is -0.366 e. The Balaban J connectivity index is 0.000000124. The molecule has 0 saturated heterocycles.